The maximum absolute atomic E-state index is 11.5. The Kier molecular flexibility index (Phi) is 10.8. The summed E-state index contributed by atoms with van der Waals surface area (Å²) in [6, 6.07) is 14.3. The van der Waals surface area contributed by atoms with Crippen LogP contribution in [0, 0.1) is 0 Å². The Bertz CT molecular complexity index is 905. The summed E-state index contributed by atoms with van der Waals surface area (Å²) in [4.78, 5) is 4.52. The molecule has 0 aliphatic carbocycles. The number of aliphatic imine (C=N–C) groups is 1. The Morgan fingerprint density at radius 3 is 2.38 bits per heavy atom. The van der Waals surface area contributed by atoms with Crippen LogP contribution in [0.15, 0.2) is 58.4 Å². The van der Waals surface area contributed by atoms with Gasteiger partial charge in [0.2, 0.25) is 0 Å². The molecule has 1 unspecified atom stereocenters. The largest absolute Gasteiger partial charge is 0.487 e. The van der Waals surface area contributed by atoms with Gasteiger partial charge in [0.1, 0.15) is 11.9 Å². The van der Waals surface area contributed by atoms with Gasteiger partial charge >= 0.3 is 0 Å². The van der Waals surface area contributed by atoms with Crippen LogP contribution in [0.1, 0.15) is 12.5 Å². The lowest BCUT2D eigenvalue weighted by molar-refractivity contribution is 0.224. The van der Waals surface area contributed by atoms with E-state index >= 15 is 0 Å². The molecule has 0 fully saturated rings. The third-order valence-electron chi connectivity index (χ3n) is 4.00. The second kappa shape index (κ2) is 12.2. The summed E-state index contributed by atoms with van der Waals surface area (Å²) < 4.78 is 28.8. The van der Waals surface area contributed by atoms with E-state index in [1.54, 1.807) is 25.2 Å². The highest BCUT2D eigenvalue weighted by molar-refractivity contribution is 14.0. The smallest absolute Gasteiger partial charge is 0.191 e. The van der Waals surface area contributed by atoms with E-state index in [4.69, 9.17) is 16.3 Å². The molecule has 0 aliphatic rings. The van der Waals surface area contributed by atoms with E-state index in [1.165, 1.54) is 6.26 Å². The molecule has 29 heavy (non-hydrogen) atoms. The second-order valence-corrected chi connectivity index (χ2v) is 8.83. The number of guanidine groups is 1. The topological polar surface area (TPSA) is 79.8 Å². The summed E-state index contributed by atoms with van der Waals surface area (Å²) in [5.41, 5.74) is 1.05. The molecule has 0 aromatic heterocycles. The van der Waals surface area contributed by atoms with Crippen LogP contribution in [0.5, 0.6) is 5.75 Å². The minimum Gasteiger partial charge on any atom is -0.487 e. The molecule has 0 radical (unpaired) electrons. The number of halogens is 2. The Labute approximate surface area is 195 Å². The first-order valence-electron chi connectivity index (χ1n) is 8.94. The molecule has 0 bridgehead atoms. The second-order valence-electron chi connectivity index (χ2n) is 6.40. The summed E-state index contributed by atoms with van der Waals surface area (Å²) in [5, 5.41) is 7.03. The highest BCUT2D eigenvalue weighted by atomic mass is 127. The Morgan fingerprint density at radius 2 is 1.79 bits per heavy atom. The number of nitrogens with one attached hydrogen (secondary N) is 2. The van der Waals surface area contributed by atoms with Crippen molar-refractivity contribution < 1.29 is 13.2 Å². The van der Waals surface area contributed by atoms with Crippen LogP contribution in [0.3, 0.4) is 0 Å². The van der Waals surface area contributed by atoms with Crippen molar-refractivity contribution in [1.82, 2.24) is 10.6 Å². The fraction of sp³-hybridized carbons (Fsp3) is 0.350. The summed E-state index contributed by atoms with van der Waals surface area (Å²) in [6.45, 7) is 3.18. The van der Waals surface area contributed by atoms with Crippen molar-refractivity contribution in [2.45, 2.75) is 24.3 Å². The number of hydrogen-bond acceptors (Lipinski definition) is 4. The molecule has 1 atom stereocenters. The lowest BCUT2D eigenvalue weighted by atomic mass is 10.1. The molecule has 0 spiro atoms. The molecule has 0 saturated carbocycles. The lowest BCUT2D eigenvalue weighted by Crippen LogP contribution is -2.42. The van der Waals surface area contributed by atoms with Crippen LogP contribution >= 0.6 is 35.6 Å². The Morgan fingerprint density at radius 1 is 1.14 bits per heavy atom. The zero-order chi connectivity index (χ0) is 20.6. The molecule has 6 nitrogen and oxygen atoms in total. The van der Waals surface area contributed by atoms with Gasteiger partial charge in [-0.25, -0.2) is 8.42 Å². The van der Waals surface area contributed by atoms with E-state index in [1.807, 2.05) is 37.3 Å². The highest BCUT2D eigenvalue weighted by Crippen LogP contribution is 2.23. The van der Waals surface area contributed by atoms with Crippen molar-refractivity contribution in [3.63, 3.8) is 0 Å². The third kappa shape index (κ3) is 8.79. The molecule has 0 heterocycles. The van der Waals surface area contributed by atoms with Gasteiger partial charge in [-0.1, -0.05) is 35.9 Å². The minimum absolute atomic E-state index is 0. The van der Waals surface area contributed by atoms with Gasteiger partial charge < -0.3 is 15.4 Å². The van der Waals surface area contributed by atoms with Crippen LogP contribution in [0.25, 0.3) is 0 Å². The van der Waals surface area contributed by atoms with Crippen molar-refractivity contribution in [3.05, 3.63) is 59.1 Å². The third-order valence-corrected chi connectivity index (χ3v) is 5.44. The number of nitrogens with zero attached hydrogens (tertiary/aromatic N) is 1. The quantitative estimate of drug-likeness (QED) is 0.298. The first-order chi connectivity index (χ1) is 13.3. The molecule has 9 heteroatoms. The SMILES string of the molecule is CN=C(NCCc1ccc(S(C)(=O)=O)cc1)NCC(C)Oc1ccccc1Cl.I. The van der Waals surface area contributed by atoms with E-state index in [2.05, 4.69) is 15.6 Å². The number of benzene rings is 2. The van der Waals surface area contributed by atoms with Crippen LogP contribution in [0.2, 0.25) is 5.02 Å². The van der Waals surface area contributed by atoms with Gasteiger partial charge in [-0.3, -0.25) is 4.99 Å². The van der Waals surface area contributed by atoms with Gasteiger partial charge in [0.25, 0.3) is 0 Å². The first kappa shape index (κ1) is 25.5. The van der Waals surface area contributed by atoms with Crippen molar-refractivity contribution >= 4 is 51.4 Å². The van der Waals surface area contributed by atoms with Gasteiger partial charge in [-0.05, 0) is 43.2 Å². The zero-order valence-corrected chi connectivity index (χ0v) is 20.6. The van der Waals surface area contributed by atoms with Crippen LogP contribution in [0.4, 0.5) is 0 Å². The average molecular weight is 552 g/mol. The van der Waals surface area contributed by atoms with Gasteiger partial charge in [-0.2, -0.15) is 0 Å². The molecule has 0 amide bonds. The number of rotatable bonds is 8. The van der Waals surface area contributed by atoms with E-state index in [0.717, 1.165) is 12.0 Å². The summed E-state index contributed by atoms with van der Waals surface area (Å²) in [7, 11) is -1.46. The zero-order valence-electron chi connectivity index (χ0n) is 16.7. The molecule has 160 valence electrons. The number of sulfone groups is 1. The van der Waals surface area contributed by atoms with Crippen molar-refractivity contribution in [2.75, 3.05) is 26.4 Å². The van der Waals surface area contributed by atoms with Gasteiger partial charge in [0.15, 0.2) is 15.8 Å². The number of para-hydroxylation sites is 1. The molecular weight excluding hydrogens is 525 g/mol. The van der Waals surface area contributed by atoms with E-state index in [0.29, 0.717) is 34.7 Å². The molecular formula is C20H27ClIN3O3S. The van der Waals surface area contributed by atoms with Crippen molar-refractivity contribution in [3.8, 4) is 5.75 Å². The summed E-state index contributed by atoms with van der Waals surface area (Å²) in [6.07, 6.45) is 1.86. The maximum atomic E-state index is 11.5. The molecule has 2 N–H and O–H groups in total. The van der Waals surface area contributed by atoms with E-state index in [-0.39, 0.29) is 30.1 Å². The standard InChI is InChI=1S/C20H26ClN3O3S.HI/c1-15(27-19-7-5-4-6-18(19)21)14-24-20(22-2)23-13-12-16-8-10-17(11-9-16)28(3,25)26;/h4-11,15H,12-14H2,1-3H3,(H2,22,23,24);1H. The van der Waals surface area contributed by atoms with Crippen LogP contribution < -0.4 is 15.4 Å². The van der Waals surface area contributed by atoms with Gasteiger partial charge in [-0.15, -0.1) is 24.0 Å². The first-order valence-corrected chi connectivity index (χ1v) is 11.2. The summed E-state index contributed by atoms with van der Waals surface area (Å²) in [5.74, 6) is 1.32. The predicted octanol–water partition coefficient (Wildman–Crippen LogP) is 3.54. The minimum atomic E-state index is -3.16. The van der Waals surface area contributed by atoms with Crippen LogP contribution in [-0.4, -0.2) is 46.9 Å². The van der Waals surface area contributed by atoms with Crippen molar-refractivity contribution in [2.24, 2.45) is 4.99 Å². The molecule has 2 aromatic rings. The van der Waals surface area contributed by atoms with Gasteiger partial charge in [0, 0.05) is 19.8 Å². The molecule has 0 aliphatic heterocycles. The fourth-order valence-corrected chi connectivity index (χ4v) is 3.30. The maximum Gasteiger partial charge on any atom is 0.191 e. The predicted molar refractivity (Wildman–Crippen MR) is 130 cm³/mol. The molecule has 2 aromatic carbocycles. The number of ether oxygens (including phenoxy) is 1. The number of hydrogen-bond donors (Lipinski definition) is 2. The molecule has 2 rings (SSSR count). The highest BCUT2D eigenvalue weighted by Gasteiger charge is 2.09. The Balaban J connectivity index is 0.00000420. The van der Waals surface area contributed by atoms with E-state index < -0.39 is 9.84 Å². The van der Waals surface area contributed by atoms with Crippen LogP contribution in [-0.2, 0) is 16.3 Å². The Hall–Kier alpha value is -1.52. The summed E-state index contributed by atoms with van der Waals surface area (Å²) >= 11 is 6.10. The molecule has 0 saturated heterocycles. The lowest BCUT2D eigenvalue weighted by Gasteiger charge is -2.18. The monoisotopic (exact) mass is 551 g/mol. The fourth-order valence-electron chi connectivity index (χ4n) is 2.49. The van der Waals surface area contributed by atoms with E-state index in [9.17, 15) is 8.42 Å². The van der Waals surface area contributed by atoms with Crippen molar-refractivity contribution in [1.29, 1.82) is 0 Å². The average Bonchev–Trinajstić information content (AvgIpc) is 2.66. The van der Waals surface area contributed by atoms with Gasteiger partial charge in [0.05, 0.1) is 16.5 Å². The normalized spacial score (nSPS) is 12.6.